The maximum absolute atomic E-state index is 12.2. The van der Waals surface area contributed by atoms with Crippen LogP contribution in [0.2, 0.25) is 0 Å². The summed E-state index contributed by atoms with van der Waals surface area (Å²) in [6.07, 6.45) is 0. The van der Waals surface area contributed by atoms with Gasteiger partial charge >= 0.3 is 0 Å². The van der Waals surface area contributed by atoms with Crippen LogP contribution in [0.1, 0.15) is 12.5 Å². The zero-order valence-electron chi connectivity index (χ0n) is 8.54. The van der Waals surface area contributed by atoms with Crippen LogP contribution >= 0.6 is 0 Å². The molecule has 0 bridgehead atoms. The molecule has 78 valence electrons. The number of benzene rings is 1. The Kier molecular flexibility index (Phi) is 4.40. The predicted molar refractivity (Wildman–Crippen MR) is 58.2 cm³/mol. The molecule has 0 saturated heterocycles. The number of nitrogens with zero attached hydrogens (tertiary/aromatic N) is 1. The van der Waals surface area contributed by atoms with Gasteiger partial charge < -0.3 is 10.6 Å². The van der Waals surface area contributed by atoms with Gasteiger partial charge in [0.05, 0.1) is 0 Å². The summed E-state index contributed by atoms with van der Waals surface area (Å²) >= 11 is 0. The molecule has 1 aromatic rings. The van der Waals surface area contributed by atoms with E-state index in [1.165, 1.54) is 0 Å². The Morgan fingerprint density at radius 3 is 2.36 bits per heavy atom. The summed E-state index contributed by atoms with van der Waals surface area (Å²) in [5.74, 6) is 0. The Hall–Kier alpha value is -1.09. The van der Waals surface area contributed by atoms with Gasteiger partial charge in [0.2, 0.25) is 0 Å². The third kappa shape index (κ3) is 2.70. The molecule has 0 aliphatic rings. The summed E-state index contributed by atoms with van der Waals surface area (Å²) in [4.78, 5) is 2.00. The van der Waals surface area contributed by atoms with Crippen molar-refractivity contribution in [3.63, 3.8) is 0 Å². The summed E-state index contributed by atoms with van der Waals surface area (Å²) in [5, 5.41) is 0. The van der Waals surface area contributed by atoms with E-state index in [0.717, 1.165) is 17.8 Å². The lowest BCUT2D eigenvalue weighted by Gasteiger charge is -2.21. The lowest BCUT2D eigenvalue weighted by atomic mass is 10.2. The van der Waals surface area contributed by atoms with Crippen LogP contribution in [0.3, 0.4) is 0 Å². The lowest BCUT2D eigenvalue weighted by Crippen LogP contribution is -2.24. The molecular formula is C11H17FN2. The number of hydrogen-bond donors (Lipinski definition) is 1. The topological polar surface area (TPSA) is 29.3 Å². The normalized spacial score (nSPS) is 10.2. The van der Waals surface area contributed by atoms with E-state index in [2.05, 4.69) is 0 Å². The van der Waals surface area contributed by atoms with Gasteiger partial charge in [-0.1, -0.05) is 12.1 Å². The van der Waals surface area contributed by atoms with Gasteiger partial charge in [-0.25, -0.2) is 4.39 Å². The number of hydrogen-bond acceptors (Lipinski definition) is 2. The highest BCUT2D eigenvalue weighted by Crippen LogP contribution is 2.14. The van der Waals surface area contributed by atoms with E-state index < -0.39 is 0 Å². The minimum absolute atomic E-state index is 0.313. The molecule has 0 unspecified atom stereocenters. The van der Waals surface area contributed by atoms with Crippen molar-refractivity contribution in [1.29, 1.82) is 0 Å². The average Bonchev–Trinajstić information content (AvgIpc) is 2.26. The number of rotatable bonds is 5. The van der Waals surface area contributed by atoms with Crippen molar-refractivity contribution in [1.82, 2.24) is 0 Å². The molecule has 0 atom stereocenters. The van der Waals surface area contributed by atoms with Crippen LogP contribution in [0.4, 0.5) is 10.1 Å². The molecule has 0 radical (unpaired) electrons. The fourth-order valence-corrected chi connectivity index (χ4v) is 1.41. The zero-order valence-corrected chi connectivity index (χ0v) is 8.54. The monoisotopic (exact) mass is 196 g/mol. The van der Waals surface area contributed by atoms with Crippen LogP contribution in [0, 0.1) is 0 Å². The van der Waals surface area contributed by atoms with Crippen LogP contribution in [0.15, 0.2) is 24.3 Å². The third-order valence-electron chi connectivity index (χ3n) is 2.27. The molecule has 1 rings (SSSR count). The molecule has 3 heteroatoms. The van der Waals surface area contributed by atoms with E-state index in [1.807, 2.05) is 36.1 Å². The SMILES string of the molecule is CCN(CCF)c1ccc(CN)cc1. The molecule has 2 nitrogen and oxygen atoms in total. The Labute approximate surface area is 84.5 Å². The molecule has 0 aliphatic carbocycles. The van der Waals surface area contributed by atoms with Gasteiger partial charge in [-0.15, -0.1) is 0 Å². The van der Waals surface area contributed by atoms with Gasteiger partial charge in [-0.05, 0) is 24.6 Å². The van der Waals surface area contributed by atoms with Gasteiger partial charge in [0, 0.05) is 25.3 Å². The average molecular weight is 196 g/mol. The van der Waals surface area contributed by atoms with Gasteiger partial charge in [0.15, 0.2) is 0 Å². The van der Waals surface area contributed by atoms with Gasteiger partial charge in [0.25, 0.3) is 0 Å². The standard InChI is InChI=1S/C11H17FN2/c1-2-14(8-7-12)11-5-3-10(9-13)4-6-11/h3-6H,2,7-9,13H2,1H3. The summed E-state index contributed by atoms with van der Waals surface area (Å²) < 4.78 is 12.2. The maximum Gasteiger partial charge on any atom is 0.107 e. The molecule has 0 spiro atoms. The van der Waals surface area contributed by atoms with Crippen LogP contribution in [0.25, 0.3) is 0 Å². The highest BCUT2D eigenvalue weighted by atomic mass is 19.1. The first kappa shape index (κ1) is 11.0. The Morgan fingerprint density at radius 2 is 1.93 bits per heavy atom. The van der Waals surface area contributed by atoms with E-state index in [9.17, 15) is 4.39 Å². The maximum atomic E-state index is 12.2. The van der Waals surface area contributed by atoms with Crippen molar-refractivity contribution in [3.8, 4) is 0 Å². The van der Waals surface area contributed by atoms with Crippen LogP contribution < -0.4 is 10.6 Å². The van der Waals surface area contributed by atoms with E-state index >= 15 is 0 Å². The van der Waals surface area contributed by atoms with Gasteiger partial charge in [0.1, 0.15) is 6.67 Å². The number of nitrogens with two attached hydrogens (primary N) is 1. The fraction of sp³-hybridized carbons (Fsp3) is 0.455. The summed E-state index contributed by atoms with van der Waals surface area (Å²) in [6.45, 7) is 3.54. The highest BCUT2D eigenvalue weighted by molar-refractivity contribution is 5.47. The van der Waals surface area contributed by atoms with Crippen LogP contribution in [-0.4, -0.2) is 19.8 Å². The second kappa shape index (κ2) is 5.60. The number of anilines is 1. The van der Waals surface area contributed by atoms with Crippen molar-refractivity contribution in [3.05, 3.63) is 29.8 Å². The fourth-order valence-electron chi connectivity index (χ4n) is 1.41. The molecule has 0 saturated carbocycles. The second-order valence-corrected chi connectivity index (χ2v) is 3.14. The summed E-state index contributed by atoms with van der Waals surface area (Å²) in [5.41, 5.74) is 7.65. The third-order valence-corrected chi connectivity index (χ3v) is 2.27. The molecule has 0 aliphatic heterocycles. The van der Waals surface area contributed by atoms with Crippen molar-refractivity contribution in [2.45, 2.75) is 13.5 Å². The van der Waals surface area contributed by atoms with E-state index in [1.54, 1.807) is 0 Å². The molecule has 0 heterocycles. The molecule has 1 aromatic carbocycles. The predicted octanol–water partition coefficient (Wildman–Crippen LogP) is 1.94. The Morgan fingerprint density at radius 1 is 1.29 bits per heavy atom. The van der Waals surface area contributed by atoms with Crippen LogP contribution in [-0.2, 0) is 6.54 Å². The smallest absolute Gasteiger partial charge is 0.107 e. The van der Waals surface area contributed by atoms with Gasteiger partial charge in [-0.2, -0.15) is 0 Å². The Balaban J connectivity index is 2.73. The minimum Gasteiger partial charge on any atom is -0.369 e. The first-order chi connectivity index (χ1) is 6.81. The molecule has 14 heavy (non-hydrogen) atoms. The first-order valence-corrected chi connectivity index (χ1v) is 4.91. The molecular weight excluding hydrogens is 179 g/mol. The number of halogens is 1. The zero-order chi connectivity index (χ0) is 10.4. The lowest BCUT2D eigenvalue weighted by molar-refractivity contribution is 0.492. The van der Waals surface area contributed by atoms with Crippen molar-refractivity contribution >= 4 is 5.69 Å². The van der Waals surface area contributed by atoms with Crippen molar-refractivity contribution in [2.75, 3.05) is 24.7 Å². The van der Waals surface area contributed by atoms with Gasteiger partial charge in [-0.3, -0.25) is 0 Å². The highest BCUT2D eigenvalue weighted by Gasteiger charge is 2.02. The summed E-state index contributed by atoms with van der Waals surface area (Å²) in [6, 6.07) is 7.94. The molecule has 0 aromatic heterocycles. The van der Waals surface area contributed by atoms with Crippen molar-refractivity contribution in [2.24, 2.45) is 5.73 Å². The second-order valence-electron chi connectivity index (χ2n) is 3.14. The quantitative estimate of drug-likeness (QED) is 0.779. The molecule has 0 amide bonds. The minimum atomic E-state index is -0.313. The Bertz CT molecular complexity index is 258. The van der Waals surface area contributed by atoms with Crippen molar-refractivity contribution < 1.29 is 4.39 Å². The largest absolute Gasteiger partial charge is 0.369 e. The van der Waals surface area contributed by atoms with E-state index in [0.29, 0.717) is 13.1 Å². The van der Waals surface area contributed by atoms with E-state index in [4.69, 9.17) is 5.73 Å². The number of alkyl halides is 1. The van der Waals surface area contributed by atoms with E-state index in [-0.39, 0.29) is 6.67 Å². The molecule has 0 fully saturated rings. The summed E-state index contributed by atoms with van der Waals surface area (Å²) in [7, 11) is 0. The van der Waals surface area contributed by atoms with Crippen LogP contribution in [0.5, 0.6) is 0 Å². The molecule has 2 N–H and O–H groups in total. The first-order valence-electron chi connectivity index (χ1n) is 4.91.